The first-order chi connectivity index (χ1) is 10.1. The highest BCUT2D eigenvalue weighted by molar-refractivity contribution is 9.10. The first kappa shape index (κ1) is 14.4. The Balaban J connectivity index is 1.64. The van der Waals surface area contributed by atoms with Crippen molar-refractivity contribution in [2.24, 2.45) is 11.8 Å². The minimum Gasteiger partial charge on any atom is -0.476 e. The maximum absolute atomic E-state index is 5.86. The van der Waals surface area contributed by atoms with E-state index in [9.17, 15) is 0 Å². The van der Waals surface area contributed by atoms with Gasteiger partial charge in [-0.05, 0) is 47.3 Å². The Bertz CT molecular complexity index is 644. The number of pyridine rings is 1. The van der Waals surface area contributed by atoms with Crippen LogP contribution in [0.15, 0.2) is 29.0 Å². The van der Waals surface area contributed by atoms with Crippen LogP contribution >= 0.6 is 15.9 Å². The van der Waals surface area contributed by atoms with Crippen LogP contribution < -0.4 is 4.74 Å². The first-order valence-electron chi connectivity index (χ1n) is 7.10. The molecule has 1 saturated carbocycles. The summed E-state index contributed by atoms with van der Waals surface area (Å²) in [6, 6.07) is 4.25. The summed E-state index contributed by atoms with van der Waals surface area (Å²) in [6.45, 7) is 6.83. The van der Waals surface area contributed by atoms with Crippen molar-refractivity contribution in [1.82, 2.24) is 15.0 Å². The van der Waals surface area contributed by atoms with E-state index in [0.717, 1.165) is 4.47 Å². The van der Waals surface area contributed by atoms with Gasteiger partial charge in [-0.2, -0.15) is 4.98 Å². The van der Waals surface area contributed by atoms with Crippen molar-refractivity contribution >= 4 is 15.9 Å². The summed E-state index contributed by atoms with van der Waals surface area (Å²) in [6.07, 6.45) is 3.66. The van der Waals surface area contributed by atoms with E-state index in [-0.39, 0.29) is 0 Å². The predicted octanol–water partition coefficient (Wildman–Crippen LogP) is 3.68. The molecule has 1 aliphatic carbocycles. The molecule has 21 heavy (non-hydrogen) atoms. The predicted molar refractivity (Wildman–Crippen MR) is 84.3 cm³/mol. The lowest BCUT2D eigenvalue weighted by Gasteiger charge is -2.07. The number of rotatable bonds is 4. The lowest BCUT2D eigenvalue weighted by atomic mass is 10.2. The minimum atomic E-state index is 0.493. The summed E-state index contributed by atoms with van der Waals surface area (Å²) in [4.78, 5) is 13.0. The van der Waals surface area contributed by atoms with E-state index in [1.165, 1.54) is 11.3 Å². The fraction of sp³-hybridized carbons (Fsp3) is 0.438. The molecule has 2 unspecified atom stereocenters. The highest BCUT2D eigenvalue weighted by Gasteiger charge is 2.49. The zero-order valence-electron chi connectivity index (χ0n) is 12.4. The number of aromatic nitrogens is 3. The van der Waals surface area contributed by atoms with Crippen LogP contribution in [-0.2, 0) is 0 Å². The summed E-state index contributed by atoms with van der Waals surface area (Å²) in [7, 11) is 0. The Morgan fingerprint density at radius 1 is 1.19 bits per heavy atom. The van der Waals surface area contributed by atoms with Crippen LogP contribution in [0.2, 0.25) is 0 Å². The number of hydrogen-bond acceptors (Lipinski definition) is 4. The SMILES string of the molecule is Cc1ccc(C2C(COc3nc(C)ncc3Br)[C@H]2C)nc1. The molecule has 1 aliphatic rings. The zero-order chi connectivity index (χ0) is 15.0. The van der Waals surface area contributed by atoms with Crippen LogP contribution in [0.25, 0.3) is 0 Å². The number of hydrogen-bond donors (Lipinski definition) is 0. The van der Waals surface area contributed by atoms with Gasteiger partial charge in [0.15, 0.2) is 0 Å². The molecule has 5 heteroatoms. The van der Waals surface area contributed by atoms with Crippen molar-refractivity contribution in [2.75, 3.05) is 6.61 Å². The summed E-state index contributed by atoms with van der Waals surface area (Å²) in [5, 5.41) is 0. The summed E-state index contributed by atoms with van der Waals surface area (Å²) < 4.78 is 6.66. The van der Waals surface area contributed by atoms with Gasteiger partial charge in [0.2, 0.25) is 5.88 Å². The Labute approximate surface area is 133 Å². The molecule has 2 heterocycles. The van der Waals surface area contributed by atoms with Crippen molar-refractivity contribution < 1.29 is 4.74 Å². The molecular formula is C16H18BrN3O. The van der Waals surface area contributed by atoms with Gasteiger partial charge in [0, 0.05) is 29.9 Å². The van der Waals surface area contributed by atoms with E-state index in [4.69, 9.17) is 4.74 Å². The molecule has 2 aromatic rings. The average Bonchev–Trinajstić information content (AvgIpc) is 3.11. The van der Waals surface area contributed by atoms with Crippen molar-refractivity contribution in [2.45, 2.75) is 26.7 Å². The molecule has 110 valence electrons. The maximum atomic E-state index is 5.86. The normalized spacial score (nSPS) is 23.9. The third kappa shape index (κ3) is 3.07. The fourth-order valence-electron chi connectivity index (χ4n) is 2.68. The Morgan fingerprint density at radius 2 is 2.00 bits per heavy atom. The second-order valence-corrected chi connectivity index (χ2v) is 6.54. The Morgan fingerprint density at radius 3 is 2.71 bits per heavy atom. The van der Waals surface area contributed by atoms with Gasteiger partial charge in [0.05, 0.1) is 11.1 Å². The Kier molecular flexibility index (Phi) is 3.93. The molecule has 0 bridgehead atoms. The van der Waals surface area contributed by atoms with E-state index in [0.29, 0.717) is 36.1 Å². The van der Waals surface area contributed by atoms with Gasteiger partial charge in [-0.15, -0.1) is 0 Å². The van der Waals surface area contributed by atoms with Crippen LogP contribution in [0.5, 0.6) is 5.88 Å². The van der Waals surface area contributed by atoms with E-state index >= 15 is 0 Å². The van der Waals surface area contributed by atoms with Gasteiger partial charge in [-0.3, -0.25) is 4.98 Å². The average molecular weight is 348 g/mol. The van der Waals surface area contributed by atoms with E-state index in [1.54, 1.807) is 6.20 Å². The molecule has 0 radical (unpaired) electrons. The second kappa shape index (κ2) is 5.72. The highest BCUT2D eigenvalue weighted by Crippen LogP contribution is 2.53. The number of halogens is 1. The molecule has 3 rings (SSSR count). The van der Waals surface area contributed by atoms with Crippen LogP contribution in [0.1, 0.15) is 29.9 Å². The topological polar surface area (TPSA) is 47.9 Å². The van der Waals surface area contributed by atoms with E-state index in [1.807, 2.05) is 13.1 Å². The third-order valence-corrected chi connectivity index (χ3v) is 4.63. The zero-order valence-corrected chi connectivity index (χ0v) is 14.0. The van der Waals surface area contributed by atoms with E-state index < -0.39 is 0 Å². The fourth-order valence-corrected chi connectivity index (χ4v) is 2.98. The summed E-state index contributed by atoms with van der Waals surface area (Å²) >= 11 is 3.42. The van der Waals surface area contributed by atoms with Gasteiger partial charge in [-0.1, -0.05) is 13.0 Å². The summed E-state index contributed by atoms with van der Waals surface area (Å²) in [5.41, 5.74) is 2.36. The van der Waals surface area contributed by atoms with Gasteiger partial charge in [0.1, 0.15) is 5.82 Å². The molecule has 0 amide bonds. The van der Waals surface area contributed by atoms with Crippen LogP contribution in [-0.4, -0.2) is 21.6 Å². The Hall–Kier alpha value is -1.49. The molecule has 2 aromatic heterocycles. The molecule has 0 N–H and O–H groups in total. The van der Waals surface area contributed by atoms with Crippen LogP contribution in [0, 0.1) is 25.7 Å². The first-order valence-corrected chi connectivity index (χ1v) is 7.90. The highest BCUT2D eigenvalue weighted by atomic mass is 79.9. The van der Waals surface area contributed by atoms with Crippen molar-refractivity contribution in [3.05, 3.63) is 46.1 Å². The van der Waals surface area contributed by atoms with Gasteiger partial charge in [0.25, 0.3) is 0 Å². The third-order valence-electron chi connectivity index (χ3n) is 4.08. The molecule has 0 aliphatic heterocycles. The van der Waals surface area contributed by atoms with E-state index in [2.05, 4.69) is 56.9 Å². The van der Waals surface area contributed by atoms with Crippen LogP contribution in [0.3, 0.4) is 0 Å². The smallest absolute Gasteiger partial charge is 0.231 e. The minimum absolute atomic E-state index is 0.493. The van der Waals surface area contributed by atoms with Crippen LogP contribution in [0.4, 0.5) is 0 Å². The lowest BCUT2D eigenvalue weighted by molar-refractivity contribution is 0.277. The number of ether oxygens (including phenoxy) is 1. The second-order valence-electron chi connectivity index (χ2n) is 5.69. The van der Waals surface area contributed by atoms with Crippen molar-refractivity contribution in [3.63, 3.8) is 0 Å². The van der Waals surface area contributed by atoms with Crippen molar-refractivity contribution in [3.8, 4) is 5.88 Å². The maximum Gasteiger partial charge on any atom is 0.231 e. The molecule has 3 atom stereocenters. The van der Waals surface area contributed by atoms with Gasteiger partial charge in [-0.25, -0.2) is 4.98 Å². The van der Waals surface area contributed by atoms with Gasteiger partial charge >= 0.3 is 0 Å². The number of aryl methyl sites for hydroxylation is 2. The molecule has 0 aromatic carbocycles. The summed E-state index contributed by atoms with van der Waals surface area (Å²) in [5.74, 6) is 2.93. The quantitative estimate of drug-likeness (QED) is 0.846. The molecule has 4 nitrogen and oxygen atoms in total. The number of nitrogens with zero attached hydrogens (tertiary/aromatic N) is 3. The largest absolute Gasteiger partial charge is 0.476 e. The van der Waals surface area contributed by atoms with Crippen molar-refractivity contribution in [1.29, 1.82) is 0 Å². The molecular weight excluding hydrogens is 330 g/mol. The molecule has 1 fully saturated rings. The van der Waals surface area contributed by atoms with Gasteiger partial charge < -0.3 is 4.74 Å². The standard InChI is InChI=1S/C16H18BrN3O/c1-9-4-5-14(19-6-9)15-10(2)12(15)8-21-16-13(17)7-18-11(3)20-16/h4-7,10,12,15H,8H2,1-3H3/t10-,12?,15?/m1/s1. The lowest BCUT2D eigenvalue weighted by Crippen LogP contribution is -2.05. The molecule has 0 spiro atoms. The molecule has 0 saturated heterocycles. The monoisotopic (exact) mass is 347 g/mol.